The van der Waals surface area contributed by atoms with Gasteiger partial charge in [0.25, 0.3) is 0 Å². The van der Waals surface area contributed by atoms with E-state index >= 15 is 0 Å². The minimum atomic E-state index is -4.43. The number of guanidine groups is 1. The van der Waals surface area contributed by atoms with E-state index < -0.39 is 17.7 Å². The van der Waals surface area contributed by atoms with E-state index in [-0.39, 0.29) is 35.7 Å². The van der Waals surface area contributed by atoms with Crippen molar-refractivity contribution in [1.82, 2.24) is 16.0 Å². The second kappa shape index (κ2) is 7.95. The Hall–Kier alpha value is -2.53. The van der Waals surface area contributed by atoms with Crippen molar-refractivity contribution in [3.8, 4) is 0 Å². The summed E-state index contributed by atoms with van der Waals surface area (Å²) in [7, 11) is 0. The van der Waals surface area contributed by atoms with Crippen molar-refractivity contribution in [3.05, 3.63) is 34.8 Å². The minimum Gasteiger partial charge on any atom is -0.508 e. The molecule has 4 rings (SSSR count). The summed E-state index contributed by atoms with van der Waals surface area (Å²) in [6.07, 6.45) is -0.174. The van der Waals surface area contributed by atoms with Crippen molar-refractivity contribution in [1.29, 1.82) is 0 Å². The first-order valence-corrected chi connectivity index (χ1v) is 9.89. The predicted octanol–water partition coefficient (Wildman–Crippen LogP) is 1.01. The SMILES string of the molecule is NC1CN=C(NCC2=CC(O)=C(O)CC2)NC1C1CNC2N=CC(C(F)(F)F)=CC21. The zero-order valence-electron chi connectivity index (χ0n) is 16.2. The molecule has 1 aliphatic carbocycles. The van der Waals surface area contributed by atoms with Gasteiger partial charge in [0.05, 0.1) is 18.2 Å². The minimum absolute atomic E-state index is 0.0253. The smallest absolute Gasteiger partial charge is 0.417 e. The third-order valence-corrected chi connectivity index (χ3v) is 5.98. The number of aliphatic hydroxyl groups is 2. The molecule has 0 amide bonds. The van der Waals surface area contributed by atoms with Crippen LogP contribution in [0.3, 0.4) is 0 Å². The molecule has 8 nitrogen and oxygen atoms in total. The first kappa shape index (κ1) is 20.7. The molecule has 1 saturated heterocycles. The summed E-state index contributed by atoms with van der Waals surface area (Å²) in [6.45, 7) is 1.26. The number of dihydropyridines is 1. The van der Waals surface area contributed by atoms with E-state index in [2.05, 4.69) is 25.9 Å². The normalized spacial score (nSPS) is 34.0. The van der Waals surface area contributed by atoms with Gasteiger partial charge in [-0.05, 0) is 18.1 Å². The Morgan fingerprint density at radius 2 is 2.07 bits per heavy atom. The predicted molar refractivity (Wildman–Crippen MR) is 106 cm³/mol. The van der Waals surface area contributed by atoms with Crippen LogP contribution in [-0.4, -0.2) is 66.4 Å². The van der Waals surface area contributed by atoms with Gasteiger partial charge < -0.3 is 26.6 Å². The monoisotopic (exact) mass is 426 g/mol. The molecule has 5 atom stereocenters. The van der Waals surface area contributed by atoms with Crippen LogP contribution in [0.15, 0.2) is 44.8 Å². The Morgan fingerprint density at radius 3 is 2.80 bits per heavy atom. The second-order valence-corrected chi connectivity index (χ2v) is 8.00. The molecular weight excluding hydrogens is 401 g/mol. The van der Waals surface area contributed by atoms with Crippen molar-refractivity contribution in [2.24, 2.45) is 27.6 Å². The maximum atomic E-state index is 13.1. The van der Waals surface area contributed by atoms with E-state index in [0.29, 0.717) is 38.4 Å². The van der Waals surface area contributed by atoms with Crippen molar-refractivity contribution >= 4 is 12.2 Å². The van der Waals surface area contributed by atoms with E-state index in [0.717, 1.165) is 11.8 Å². The average molecular weight is 426 g/mol. The lowest BCUT2D eigenvalue weighted by Crippen LogP contribution is -2.60. The number of nitrogens with zero attached hydrogens (tertiary/aromatic N) is 2. The number of aliphatic imine (C=N–C) groups is 2. The van der Waals surface area contributed by atoms with Crippen LogP contribution < -0.4 is 21.7 Å². The average Bonchev–Trinajstić information content (AvgIpc) is 3.12. The summed E-state index contributed by atoms with van der Waals surface area (Å²) in [4.78, 5) is 8.43. The fourth-order valence-corrected chi connectivity index (χ4v) is 4.32. The number of alkyl halides is 3. The Balaban J connectivity index is 1.43. The van der Waals surface area contributed by atoms with Gasteiger partial charge >= 0.3 is 6.18 Å². The van der Waals surface area contributed by atoms with Gasteiger partial charge in [0.1, 0.15) is 11.9 Å². The molecule has 0 bridgehead atoms. The molecule has 0 spiro atoms. The van der Waals surface area contributed by atoms with Gasteiger partial charge in [0.15, 0.2) is 11.7 Å². The topological polar surface area (TPSA) is 127 Å². The quantitative estimate of drug-likeness (QED) is 0.400. The summed E-state index contributed by atoms with van der Waals surface area (Å²) in [6, 6.07) is -0.614. The molecule has 0 radical (unpaired) electrons. The Bertz CT molecular complexity index is 848. The molecular formula is C19H25F3N6O2. The summed E-state index contributed by atoms with van der Waals surface area (Å²) in [5, 5.41) is 28.7. The van der Waals surface area contributed by atoms with Crippen LogP contribution in [0.1, 0.15) is 12.8 Å². The van der Waals surface area contributed by atoms with E-state index in [4.69, 9.17) is 5.73 Å². The van der Waals surface area contributed by atoms with Gasteiger partial charge in [0, 0.05) is 43.6 Å². The van der Waals surface area contributed by atoms with Crippen molar-refractivity contribution in [3.63, 3.8) is 0 Å². The fraction of sp³-hybridized carbons (Fsp3) is 0.579. The molecule has 0 aromatic carbocycles. The van der Waals surface area contributed by atoms with E-state index in [1.54, 1.807) is 0 Å². The van der Waals surface area contributed by atoms with Gasteiger partial charge in [0.2, 0.25) is 0 Å². The largest absolute Gasteiger partial charge is 0.508 e. The number of allylic oxidation sites excluding steroid dienone is 3. The maximum absolute atomic E-state index is 13.1. The Morgan fingerprint density at radius 1 is 1.27 bits per heavy atom. The standard InChI is InChI=1S/C19H25F3N6O2/c20-19(21,22)10-4-11-12(7-25-17(11)24-6-10)16-13(23)8-27-18(28-16)26-5-9-1-2-14(29)15(30)3-9/h3-4,6,11-13,16-17,25,29-30H,1-2,5,7-8,23H2,(H2,26,27,28). The third kappa shape index (κ3) is 4.17. The second-order valence-electron chi connectivity index (χ2n) is 8.00. The maximum Gasteiger partial charge on any atom is 0.417 e. The summed E-state index contributed by atoms with van der Waals surface area (Å²) in [5.74, 6) is -0.235. The number of hydrogen-bond acceptors (Lipinski definition) is 8. The summed E-state index contributed by atoms with van der Waals surface area (Å²) in [5.41, 5.74) is 6.43. The van der Waals surface area contributed by atoms with Crippen molar-refractivity contribution < 1.29 is 23.4 Å². The first-order chi connectivity index (χ1) is 14.2. The van der Waals surface area contributed by atoms with Crippen LogP contribution in [0, 0.1) is 11.8 Å². The molecule has 4 aliphatic rings. The van der Waals surface area contributed by atoms with Gasteiger partial charge in [-0.3, -0.25) is 15.3 Å². The molecule has 3 aliphatic heterocycles. The molecule has 0 aromatic rings. The third-order valence-electron chi connectivity index (χ3n) is 5.98. The van der Waals surface area contributed by atoms with Crippen molar-refractivity contribution in [2.45, 2.75) is 37.3 Å². The van der Waals surface area contributed by atoms with Crippen LogP contribution in [0.4, 0.5) is 13.2 Å². The number of hydrogen-bond donors (Lipinski definition) is 6. The number of nitrogens with two attached hydrogens (primary N) is 1. The zero-order valence-corrected chi connectivity index (χ0v) is 16.2. The van der Waals surface area contributed by atoms with Crippen LogP contribution >= 0.6 is 0 Å². The summed E-state index contributed by atoms with van der Waals surface area (Å²) >= 11 is 0. The molecule has 7 N–H and O–H groups in total. The molecule has 0 saturated carbocycles. The molecule has 11 heteroatoms. The highest BCUT2D eigenvalue weighted by Crippen LogP contribution is 2.36. The van der Waals surface area contributed by atoms with Crippen LogP contribution in [0.5, 0.6) is 0 Å². The number of halogens is 3. The molecule has 5 unspecified atom stereocenters. The number of rotatable bonds is 3. The van der Waals surface area contributed by atoms with Crippen LogP contribution in [-0.2, 0) is 0 Å². The fourth-order valence-electron chi connectivity index (χ4n) is 4.32. The zero-order chi connectivity index (χ0) is 21.5. The van der Waals surface area contributed by atoms with Gasteiger partial charge in [-0.1, -0.05) is 6.08 Å². The Kier molecular flexibility index (Phi) is 5.49. The summed E-state index contributed by atoms with van der Waals surface area (Å²) < 4.78 is 39.4. The van der Waals surface area contributed by atoms with E-state index in [1.807, 2.05) is 0 Å². The molecule has 0 aromatic heterocycles. The lowest BCUT2D eigenvalue weighted by molar-refractivity contribution is -0.0864. The van der Waals surface area contributed by atoms with Crippen LogP contribution in [0.25, 0.3) is 0 Å². The molecule has 164 valence electrons. The highest BCUT2D eigenvalue weighted by atomic mass is 19.4. The van der Waals surface area contributed by atoms with Gasteiger partial charge in [-0.25, -0.2) is 0 Å². The molecule has 1 fully saturated rings. The Labute approximate surface area is 171 Å². The van der Waals surface area contributed by atoms with Crippen LogP contribution in [0.2, 0.25) is 0 Å². The number of nitrogens with one attached hydrogen (secondary N) is 3. The highest BCUT2D eigenvalue weighted by molar-refractivity contribution is 5.82. The highest BCUT2D eigenvalue weighted by Gasteiger charge is 2.46. The van der Waals surface area contributed by atoms with E-state index in [9.17, 15) is 23.4 Å². The van der Waals surface area contributed by atoms with Gasteiger partial charge in [-0.2, -0.15) is 13.2 Å². The molecule has 30 heavy (non-hydrogen) atoms. The van der Waals surface area contributed by atoms with E-state index in [1.165, 1.54) is 12.2 Å². The number of fused-ring (bicyclic) bond motifs is 1. The number of aliphatic hydroxyl groups excluding tert-OH is 2. The van der Waals surface area contributed by atoms with Gasteiger partial charge in [-0.15, -0.1) is 0 Å². The van der Waals surface area contributed by atoms with Crippen molar-refractivity contribution in [2.75, 3.05) is 19.6 Å². The molecule has 3 heterocycles. The first-order valence-electron chi connectivity index (χ1n) is 9.89. The lowest BCUT2D eigenvalue weighted by atomic mass is 9.81. The lowest BCUT2D eigenvalue weighted by Gasteiger charge is -2.37.